The highest BCUT2D eigenvalue weighted by atomic mass is 19.4. The van der Waals surface area contributed by atoms with Crippen molar-refractivity contribution >= 4 is 0 Å². The van der Waals surface area contributed by atoms with Gasteiger partial charge in [0.2, 0.25) is 5.88 Å². The van der Waals surface area contributed by atoms with Crippen LogP contribution in [-0.4, -0.2) is 24.3 Å². The number of hydrogen-bond acceptors (Lipinski definition) is 4. The Balaban J connectivity index is 2.24. The van der Waals surface area contributed by atoms with Crippen molar-refractivity contribution < 1.29 is 22.6 Å². The molecular formula is C11H13F3N2O2. The zero-order valence-electron chi connectivity index (χ0n) is 9.54. The van der Waals surface area contributed by atoms with Gasteiger partial charge < -0.3 is 15.2 Å². The smallest absolute Gasteiger partial charge is 0.433 e. The molecule has 1 aliphatic rings. The molecule has 1 saturated heterocycles. The summed E-state index contributed by atoms with van der Waals surface area (Å²) in [6, 6.07) is 2.20. The van der Waals surface area contributed by atoms with Crippen molar-refractivity contribution in [3.8, 4) is 5.88 Å². The summed E-state index contributed by atoms with van der Waals surface area (Å²) in [5, 5.41) is 0. The lowest BCUT2D eigenvalue weighted by molar-refractivity contribution is -0.141. The predicted octanol–water partition coefficient (Wildman–Crippen LogP) is 1.73. The van der Waals surface area contributed by atoms with E-state index in [-0.39, 0.29) is 18.5 Å². The molecule has 1 fully saturated rings. The molecule has 18 heavy (non-hydrogen) atoms. The Bertz CT molecular complexity index is 417. The summed E-state index contributed by atoms with van der Waals surface area (Å²) in [6.45, 7) is 0.984. The number of nitrogens with two attached hydrogens (primary N) is 1. The van der Waals surface area contributed by atoms with Crippen molar-refractivity contribution in [1.29, 1.82) is 0 Å². The maximum Gasteiger partial charge on any atom is 0.433 e. The summed E-state index contributed by atoms with van der Waals surface area (Å²) >= 11 is 0. The van der Waals surface area contributed by atoms with Gasteiger partial charge in [-0.05, 0) is 6.07 Å². The summed E-state index contributed by atoms with van der Waals surface area (Å²) in [6.07, 6.45) is -4.11. The Kier molecular flexibility index (Phi) is 3.72. The SMILES string of the molecule is NCc1ccc(C(F)(F)F)nc1OC1CCOC1. The van der Waals surface area contributed by atoms with Gasteiger partial charge in [-0.15, -0.1) is 0 Å². The Hall–Kier alpha value is -1.34. The molecule has 7 heteroatoms. The third-order valence-electron chi connectivity index (χ3n) is 2.62. The second-order valence-corrected chi connectivity index (χ2v) is 3.97. The van der Waals surface area contributed by atoms with Crippen LogP contribution in [0.2, 0.25) is 0 Å². The third-order valence-corrected chi connectivity index (χ3v) is 2.62. The highest BCUT2D eigenvalue weighted by molar-refractivity contribution is 5.29. The summed E-state index contributed by atoms with van der Waals surface area (Å²) in [7, 11) is 0. The highest BCUT2D eigenvalue weighted by Gasteiger charge is 2.33. The maximum absolute atomic E-state index is 12.5. The van der Waals surface area contributed by atoms with Gasteiger partial charge in [0, 0.05) is 18.5 Å². The van der Waals surface area contributed by atoms with Crippen LogP contribution in [-0.2, 0) is 17.5 Å². The van der Waals surface area contributed by atoms with Crippen molar-refractivity contribution in [2.24, 2.45) is 5.73 Å². The molecule has 4 nitrogen and oxygen atoms in total. The molecule has 1 aliphatic heterocycles. The normalized spacial score (nSPS) is 20.1. The summed E-state index contributed by atoms with van der Waals surface area (Å²) in [5.41, 5.74) is 4.93. The van der Waals surface area contributed by atoms with Gasteiger partial charge in [-0.2, -0.15) is 13.2 Å². The van der Waals surface area contributed by atoms with E-state index in [0.717, 1.165) is 6.07 Å². The molecule has 0 bridgehead atoms. The van der Waals surface area contributed by atoms with Crippen LogP contribution >= 0.6 is 0 Å². The minimum atomic E-state index is -4.49. The number of rotatable bonds is 3. The number of pyridine rings is 1. The first-order valence-corrected chi connectivity index (χ1v) is 5.52. The number of halogens is 3. The molecule has 1 unspecified atom stereocenters. The standard InChI is InChI=1S/C11H13F3N2O2/c12-11(13,14)9-2-1-7(5-15)10(16-9)18-8-3-4-17-6-8/h1-2,8H,3-6,15H2. The molecule has 1 aromatic rings. The zero-order valence-corrected chi connectivity index (χ0v) is 9.54. The topological polar surface area (TPSA) is 57.4 Å². The van der Waals surface area contributed by atoms with Gasteiger partial charge in [0.15, 0.2) is 0 Å². The van der Waals surface area contributed by atoms with E-state index in [0.29, 0.717) is 25.2 Å². The van der Waals surface area contributed by atoms with Gasteiger partial charge in [0.05, 0.1) is 13.2 Å². The van der Waals surface area contributed by atoms with Crippen molar-refractivity contribution in [3.63, 3.8) is 0 Å². The predicted molar refractivity (Wildman–Crippen MR) is 57.0 cm³/mol. The molecule has 1 atom stereocenters. The first-order chi connectivity index (χ1) is 8.50. The quantitative estimate of drug-likeness (QED) is 0.901. The lowest BCUT2D eigenvalue weighted by Gasteiger charge is -2.15. The second kappa shape index (κ2) is 5.11. The van der Waals surface area contributed by atoms with Crippen LogP contribution in [0.1, 0.15) is 17.7 Å². The second-order valence-electron chi connectivity index (χ2n) is 3.97. The molecule has 0 aliphatic carbocycles. The van der Waals surface area contributed by atoms with Crippen molar-refractivity contribution in [2.45, 2.75) is 25.2 Å². The van der Waals surface area contributed by atoms with E-state index in [1.807, 2.05) is 0 Å². The van der Waals surface area contributed by atoms with Gasteiger partial charge in [-0.25, -0.2) is 4.98 Å². The summed E-state index contributed by atoms with van der Waals surface area (Å²) < 4.78 is 48.1. The fraction of sp³-hybridized carbons (Fsp3) is 0.545. The van der Waals surface area contributed by atoms with Crippen molar-refractivity contribution in [3.05, 3.63) is 23.4 Å². The Morgan fingerprint density at radius 1 is 1.44 bits per heavy atom. The maximum atomic E-state index is 12.5. The number of aromatic nitrogens is 1. The van der Waals surface area contributed by atoms with Crippen LogP contribution in [0.5, 0.6) is 5.88 Å². The van der Waals surface area contributed by atoms with Crippen LogP contribution in [0.15, 0.2) is 12.1 Å². The molecule has 2 N–H and O–H groups in total. The summed E-state index contributed by atoms with van der Waals surface area (Å²) in [4.78, 5) is 3.50. The number of alkyl halides is 3. The zero-order chi connectivity index (χ0) is 13.2. The van der Waals surface area contributed by atoms with Crippen molar-refractivity contribution in [1.82, 2.24) is 4.98 Å². The number of nitrogens with zero attached hydrogens (tertiary/aromatic N) is 1. The van der Waals surface area contributed by atoms with Gasteiger partial charge in [0.25, 0.3) is 0 Å². The molecule has 1 aromatic heterocycles. The average Bonchev–Trinajstić information content (AvgIpc) is 2.80. The molecular weight excluding hydrogens is 249 g/mol. The number of hydrogen-bond donors (Lipinski definition) is 1. The van der Waals surface area contributed by atoms with E-state index in [2.05, 4.69) is 4.98 Å². The van der Waals surface area contributed by atoms with E-state index in [9.17, 15) is 13.2 Å². The van der Waals surface area contributed by atoms with Crippen molar-refractivity contribution in [2.75, 3.05) is 13.2 Å². The minimum Gasteiger partial charge on any atom is -0.472 e. The Morgan fingerprint density at radius 2 is 2.22 bits per heavy atom. The molecule has 2 heterocycles. The van der Waals surface area contributed by atoms with Crippen LogP contribution in [0.25, 0.3) is 0 Å². The lowest BCUT2D eigenvalue weighted by Crippen LogP contribution is -2.19. The van der Waals surface area contributed by atoms with E-state index < -0.39 is 11.9 Å². The van der Waals surface area contributed by atoms with Crippen LogP contribution in [0.4, 0.5) is 13.2 Å². The first-order valence-electron chi connectivity index (χ1n) is 5.52. The summed E-state index contributed by atoms with van der Waals surface area (Å²) in [5.74, 6) is -0.0529. The molecule has 0 radical (unpaired) electrons. The molecule has 0 spiro atoms. The van der Waals surface area contributed by atoms with E-state index in [1.165, 1.54) is 6.07 Å². The Morgan fingerprint density at radius 3 is 2.78 bits per heavy atom. The molecule has 0 amide bonds. The monoisotopic (exact) mass is 262 g/mol. The molecule has 100 valence electrons. The molecule has 0 saturated carbocycles. The largest absolute Gasteiger partial charge is 0.472 e. The highest BCUT2D eigenvalue weighted by Crippen LogP contribution is 2.30. The van der Waals surface area contributed by atoms with Crippen LogP contribution in [0.3, 0.4) is 0 Å². The van der Waals surface area contributed by atoms with Crippen LogP contribution in [0, 0.1) is 0 Å². The van der Waals surface area contributed by atoms with Gasteiger partial charge in [0.1, 0.15) is 11.8 Å². The van der Waals surface area contributed by atoms with Gasteiger partial charge in [-0.1, -0.05) is 6.07 Å². The minimum absolute atomic E-state index is 0.0529. The fourth-order valence-electron chi connectivity index (χ4n) is 1.65. The fourth-order valence-corrected chi connectivity index (χ4v) is 1.65. The lowest BCUT2D eigenvalue weighted by atomic mass is 10.2. The van der Waals surface area contributed by atoms with E-state index in [1.54, 1.807) is 0 Å². The van der Waals surface area contributed by atoms with Gasteiger partial charge >= 0.3 is 6.18 Å². The third kappa shape index (κ3) is 2.91. The molecule has 2 rings (SSSR count). The average molecular weight is 262 g/mol. The first kappa shape index (κ1) is 13.1. The van der Waals surface area contributed by atoms with Gasteiger partial charge in [-0.3, -0.25) is 0 Å². The Labute approximate surface area is 102 Å². The molecule has 0 aromatic carbocycles. The van der Waals surface area contributed by atoms with E-state index >= 15 is 0 Å². The number of ether oxygens (including phenoxy) is 2. The van der Waals surface area contributed by atoms with E-state index in [4.69, 9.17) is 15.2 Å². The van der Waals surface area contributed by atoms with Crippen LogP contribution < -0.4 is 10.5 Å².